The van der Waals surface area contributed by atoms with Gasteiger partial charge in [-0.3, -0.25) is 9.48 Å². The molecule has 0 N–H and O–H groups in total. The van der Waals surface area contributed by atoms with Crippen LogP contribution in [0, 0.1) is 0 Å². The van der Waals surface area contributed by atoms with Crippen LogP contribution in [0.25, 0.3) is 0 Å². The van der Waals surface area contributed by atoms with Crippen LogP contribution in [0.3, 0.4) is 0 Å². The summed E-state index contributed by atoms with van der Waals surface area (Å²) in [6.45, 7) is 7.75. The number of β-lactam (4-membered cyclic amide) rings is 1. The van der Waals surface area contributed by atoms with E-state index in [-0.39, 0.29) is 18.9 Å². The summed E-state index contributed by atoms with van der Waals surface area (Å²) in [5, 5.41) is 8.22. The number of fused-ring (bicyclic) bond motifs is 1. The van der Waals surface area contributed by atoms with Gasteiger partial charge in [0, 0.05) is 6.20 Å². The van der Waals surface area contributed by atoms with Gasteiger partial charge in [0.2, 0.25) is 5.91 Å². The smallest absolute Gasteiger partial charge is 0.331 e. The predicted molar refractivity (Wildman–Crippen MR) is 140 cm³/mol. The fourth-order valence-electron chi connectivity index (χ4n) is 5.08. The number of sulfone groups is 1. The summed E-state index contributed by atoms with van der Waals surface area (Å²) in [6.07, 6.45) is 0.853. The molecule has 0 spiro atoms. The van der Waals surface area contributed by atoms with E-state index in [4.69, 9.17) is 4.74 Å². The van der Waals surface area contributed by atoms with Crippen LogP contribution >= 0.6 is 0 Å². The molecule has 194 valence electrons. The minimum absolute atomic E-state index is 0.117. The molecule has 0 bridgehead atoms. The van der Waals surface area contributed by atoms with E-state index in [1.165, 1.54) is 16.5 Å². The zero-order chi connectivity index (χ0) is 26.6. The van der Waals surface area contributed by atoms with Crippen molar-refractivity contribution in [1.82, 2.24) is 19.9 Å². The number of ether oxygens (including phenoxy) is 1. The molecule has 2 aliphatic heterocycles. The van der Waals surface area contributed by atoms with Gasteiger partial charge in [-0.1, -0.05) is 85.5 Å². The molecule has 3 heterocycles. The maximum absolute atomic E-state index is 13.9. The molecule has 0 radical (unpaired) electrons. The van der Waals surface area contributed by atoms with Crippen molar-refractivity contribution in [2.45, 2.75) is 61.8 Å². The highest BCUT2D eigenvalue weighted by molar-refractivity contribution is 7.93. The molecular formula is C26H30N4O5SSi. The minimum atomic E-state index is -3.92. The molecular weight excluding hydrogens is 508 g/mol. The van der Waals surface area contributed by atoms with Crippen LogP contribution in [0.4, 0.5) is 0 Å². The SMILES string of the molecule is C[C@]1(Cn2cc([Si](C)(C)C)nn2)[C@H](C(=O)OC(c2ccccc2)c2ccccc2)N2C(=O)C[C@@H]2S1(=O)=O. The van der Waals surface area contributed by atoms with E-state index in [1.807, 2.05) is 60.7 Å². The molecule has 1 amide bonds. The Labute approximate surface area is 217 Å². The summed E-state index contributed by atoms with van der Waals surface area (Å²) in [4.78, 5) is 27.7. The molecule has 2 fully saturated rings. The average Bonchev–Trinajstić information content (AvgIpc) is 3.38. The standard InChI is InChI=1S/C26H30N4O5SSi/c1-26(17-29-16-20(27-28-29)37(2,3)4)24(30-21(31)15-22(30)36(26,33)34)25(32)35-23(18-11-7-5-8-12-18)19-13-9-6-10-14-19/h5-14,16,22-24H,15,17H2,1-4H3/t22-,24-,26-/m0/s1. The van der Waals surface area contributed by atoms with Crippen LogP contribution < -0.4 is 5.32 Å². The highest BCUT2D eigenvalue weighted by Gasteiger charge is 2.70. The van der Waals surface area contributed by atoms with Gasteiger partial charge in [0.15, 0.2) is 22.0 Å². The van der Waals surface area contributed by atoms with Crippen molar-refractivity contribution < 1.29 is 22.7 Å². The lowest BCUT2D eigenvalue weighted by Gasteiger charge is -2.37. The highest BCUT2D eigenvalue weighted by Crippen LogP contribution is 2.47. The lowest BCUT2D eigenvalue weighted by atomic mass is 9.95. The minimum Gasteiger partial charge on any atom is -0.451 e. The van der Waals surface area contributed by atoms with Crippen LogP contribution in [0.1, 0.15) is 30.6 Å². The molecule has 3 aromatic rings. The molecule has 11 heteroatoms. The van der Waals surface area contributed by atoms with Crippen molar-refractivity contribution >= 4 is 35.1 Å². The number of amides is 1. The van der Waals surface area contributed by atoms with Gasteiger partial charge in [0.05, 0.1) is 18.3 Å². The molecule has 3 atom stereocenters. The number of nitrogens with zero attached hydrogens (tertiary/aromatic N) is 4. The van der Waals surface area contributed by atoms with Crippen LogP contribution in [0.2, 0.25) is 19.6 Å². The molecule has 0 saturated carbocycles. The Hall–Kier alpha value is -3.31. The molecule has 37 heavy (non-hydrogen) atoms. The number of hydrogen-bond donors (Lipinski definition) is 0. The fraction of sp³-hybridized carbons (Fsp3) is 0.385. The first kappa shape index (κ1) is 25.3. The van der Waals surface area contributed by atoms with Gasteiger partial charge in [-0.25, -0.2) is 13.2 Å². The van der Waals surface area contributed by atoms with Gasteiger partial charge in [-0.2, -0.15) is 0 Å². The van der Waals surface area contributed by atoms with E-state index in [1.54, 1.807) is 6.20 Å². The third-order valence-corrected chi connectivity index (χ3v) is 11.8. The second kappa shape index (κ2) is 8.91. The van der Waals surface area contributed by atoms with Crippen LogP contribution in [-0.2, 0) is 30.7 Å². The molecule has 1 aromatic heterocycles. The first-order chi connectivity index (χ1) is 17.4. The van der Waals surface area contributed by atoms with Gasteiger partial charge < -0.3 is 9.64 Å². The third kappa shape index (κ3) is 4.19. The number of carbonyl (C=O) groups excluding carboxylic acids is 2. The largest absolute Gasteiger partial charge is 0.451 e. The lowest BCUT2D eigenvalue weighted by Crippen LogP contribution is -2.58. The van der Waals surface area contributed by atoms with Crippen molar-refractivity contribution in [3.05, 3.63) is 78.0 Å². The maximum Gasteiger partial charge on any atom is 0.331 e. The van der Waals surface area contributed by atoms with Crippen molar-refractivity contribution in [2.75, 3.05) is 0 Å². The Morgan fingerprint density at radius 1 is 1.08 bits per heavy atom. The Morgan fingerprint density at radius 3 is 2.14 bits per heavy atom. The summed E-state index contributed by atoms with van der Waals surface area (Å²) < 4.78 is 33.3. The van der Waals surface area contributed by atoms with Crippen molar-refractivity contribution in [2.24, 2.45) is 0 Å². The molecule has 2 aromatic carbocycles. The molecule has 2 saturated heterocycles. The number of carbonyl (C=O) groups is 2. The Kier molecular flexibility index (Phi) is 6.10. The molecule has 5 rings (SSSR count). The number of hydrogen-bond acceptors (Lipinski definition) is 7. The topological polar surface area (TPSA) is 111 Å². The second-order valence-corrected chi connectivity index (χ2v) is 18.5. The summed E-state index contributed by atoms with van der Waals surface area (Å²) in [5.41, 5.74) is 1.49. The van der Waals surface area contributed by atoms with E-state index < -0.39 is 46.1 Å². The van der Waals surface area contributed by atoms with E-state index in [2.05, 4.69) is 30.0 Å². The third-order valence-electron chi connectivity index (χ3n) is 7.26. The fourth-order valence-corrected chi connectivity index (χ4v) is 8.31. The zero-order valence-corrected chi connectivity index (χ0v) is 23.1. The monoisotopic (exact) mass is 538 g/mol. The van der Waals surface area contributed by atoms with Gasteiger partial charge in [-0.05, 0) is 18.1 Å². The quantitative estimate of drug-likeness (QED) is 0.258. The first-order valence-corrected chi connectivity index (χ1v) is 17.2. The summed E-state index contributed by atoms with van der Waals surface area (Å²) in [7, 11) is -5.71. The first-order valence-electron chi connectivity index (χ1n) is 12.2. The van der Waals surface area contributed by atoms with Gasteiger partial charge in [0.1, 0.15) is 18.2 Å². The van der Waals surface area contributed by atoms with Gasteiger partial charge in [-0.15, -0.1) is 5.10 Å². The van der Waals surface area contributed by atoms with Gasteiger partial charge in [0.25, 0.3) is 0 Å². The zero-order valence-electron chi connectivity index (χ0n) is 21.2. The Morgan fingerprint density at radius 2 is 1.65 bits per heavy atom. The molecule has 2 aliphatic rings. The molecule has 0 aliphatic carbocycles. The highest BCUT2D eigenvalue weighted by atomic mass is 32.2. The van der Waals surface area contributed by atoms with Gasteiger partial charge >= 0.3 is 5.97 Å². The maximum atomic E-state index is 13.9. The Bertz CT molecular complexity index is 1400. The number of aromatic nitrogens is 3. The van der Waals surface area contributed by atoms with E-state index in [0.29, 0.717) is 0 Å². The summed E-state index contributed by atoms with van der Waals surface area (Å²) in [5.74, 6) is -1.14. The van der Waals surface area contributed by atoms with Crippen molar-refractivity contribution in [3.8, 4) is 0 Å². The van der Waals surface area contributed by atoms with Crippen molar-refractivity contribution in [3.63, 3.8) is 0 Å². The van der Waals surface area contributed by atoms with Crippen LogP contribution in [0.15, 0.2) is 66.9 Å². The normalized spacial score (nSPS) is 24.6. The predicted octanol–water partition coefficient (Wildman–Crippen LogP) is 2.27. The molecule has 9 nitrogen and oxygen atoms in total. The summed E-state index contributed by atoms with van der Waals surface area (Å²) in [6, 6.07) is 17.2. The average molecular weight is 539 g/mol. The van der Waals surface area contributed by atoms with Crippen LogP contribution in [0.5, 0.6) is 0 Å². The van der Waals surface area contributed by atoms with Crippen molar-refractivity contribution in [1.29, 1.82) is 0 Å². The lowest BCUT2D eigenvalue weighted by molar-refractivity contribution is -0.164. The Balaban J connectivity index is 1.53. The number of benzene rings is 2. The summed E-state index contributed by atoms with van der Waals surface area (Å²) >= 11 is 0. The van der Waals surface area contributed by atoms with E-state index in [9.17, 15) is 18.0 Å². The van der Waals surface area contributed by atoms with E-state index >= 15 is 0 Å². The number of rotatable bonds is 7. The second-order valence-electron chi connectivity index (χ2n) is 10.9. The molecule has 0 unspecified atom stereocenters. The number of esters is 1. The van der Waals surface area contributed by atoms with Crippen LogP contribution in [-0.4, -0.2) is 64.4 Å². The van der Waals surface area contributed by atoms with E-state index in [0.717, 1.165) is 16.4 Å².